The largest absolute Gasteiger partial charge is 0.313 e. The number of nitrogens with zero attached hydrogens (tertiary/aromatic N) is 1. The standard InChI is InChI=1S/C10H19N3/c1-3-5-10-9(8-12-13-10)7-11-6-4-2/h8,11H,3-7H2,1-2H3,(H,12,13). The lowest BCUT2D eigenvalue weighted by Crippen LogP contribution is -2.14. The highest BCUT2D eigenvalue weighted by Gasteiger charge is 2.02. The number of aryl methyl sites for hydroxylation is 1. The molecule has 0 saturated carbocycles. The first-order chi connectivity index (χ1) is 6.38. The van der Waals surface area contributed by atoms with Crippen molar-refractivity contribution >= 4 is 0 Å². The van der Waals surface area contributed by atoms with Crippen LogP contribution in [-0.2, 0) is 13.0 Å². The summed E-state index contributed by atoms with van der Waals surface area (Å²) in [6.45, 7) is 6.38. The van der Waals surface area contributed by atoms with Crippen LogP contribution in [0.2, 0.25) is 0 Å². The van der Waals surface area contributed by atoms with Crippen LogP contribution in [0.25, 0.3) is 0 Å². The summed E-state index contributed by atoms with van der Waals surface area (Å²) in [5, 5.41) is 10.5. The summed E-state index contributed by atoms with van der Waals surface area (Å²) >= 11 is 0. The fraction of sp³-hybridized carbons (Fsp3) is 0.700. The van der Waals surface area contributed by atoms with E-state index in [-0.39, 0.29) is 0 Å². The van der Waals surface area contributed by atoms with E-state index >= 15 is 0 Å². The highest BCUT2D eigenvalue weighted by molar-refractivity contribution is 5.15. The van der Waals surface area contributed by atoms with Gasteiger partial charge in [0, 0.05) is 17.8 Å². The third kappa shape index (κ3) is 3.19. The third-order valence-electron chi connectivity index (χ3n) is 2.05. The molecule has 1 aromatic rings. The van der Waals surface area contributed by atoms with Gasteiger partial charge in [-0.15, -0.1) is 0 Å². The van der Waals surface area contributed by atoms with Crippen molar-refractivity contribution in [3.8, 4) is 0 Å². The number of rotatable bonds is 6. The van der Waals surface area contributed by atoms with E-state index in [0.717, 1.165) is 19.5 Å². The predicted octanol–water partition coefficient (Wildman–Crippen LogP) is 1.86. The van der Waals surface area contributed by atoms with Crippen LogP contribution in [0.5, 0.6) is 0 Å². The van der Waals surface area contributed by atoms with Gasteiger partial charge in [-0.25, -0.2) is 0 Å². The lowest BCUT2D eigenvalue weighted by atomic mass is 10.1. The molecule has 1 rings (SSSR count). The van der Waals surface area contributed by atoms with E-state index in [9.17, 15) is 0 Å². The molecule has 3 heteroatoms. The Labute approximate surface area is 79.9 Å². The molecule has 0 fully saturated rings. The number of aromatic nitrogens is 2. The fourth-order valence-electron chi connectivity index (χ4n) is 1.36. The topological polar surface area (TPSA) is 40.7 Å². The number of nitrogens with one attached hydrogen (secondary N) is 2. The Bertz CT molecular complexity index is 230. The van der Waals surface area contributed by atoms with Crippen LogP contribution < -0.4 is 5.32 Å². The normalized spacial score (nSPS) is 10.6. The number of hydrogen-bond acceptors (Lipinski definition) is 2. The zero-order chi connectivity index (χ0) is 9.52. The van der Waals surface area contributed by atoms with Crippen LogP contribution in [0.1, 0.15) is 37.9 Å². The first-order valence-corrected chi connectivity index (χ1v) is 5.10. The minimum absolute atomic E-state index is 0.944. The first kappa shape index (κ1) is 10.3. The average molecular weight is 181 g/mol. The second-order valence-electron chi connectivity index (χ2n) is 3.30. The summed E-state index contributed by atoms with van der Waals surface area (Å²) in [7, 11) is 0. The molecule has 3 nitrogen and oxygen atoms in total. The molecule has 1 aromatic heterocycles. The first-order valence-electron chi connectivity index (χ1n) is 5.10. The number of H-pyrrole nitrogens is 1. The molecule has 13 heavy (non-hydrogen) atoms. The van der Waals surface area contributed by atoms with Crippen molar-refractivity contribution < 1.29 is 0 Å². The molecule has 1 heterocycles. The molecule has 0 radical (unpaired) electrons. The molecule has 0 amide bonds. The van der Waals surface area contributed by atoms with Crippen molar-refractivity contribution in [3.05, 3.63) is 17.5 Å². The molecule has 0 aromatic carbocycles. The molecule has 0 atom stereocenters. The summed E-state index contributed by atoms with van der Waals surface area (Å²) in [5.41, 5.74) is 2.60. The third-order valence-corrected chi connectivity index (χ3v) is 2.05. The SMILES string of the molecule is CCCNCc1cn[nH]c1CCC. The summed E-state index contributed by atoms with van der Waals surface area (Å²) in [6.07, 6.45) is 5.38. The molecule has 0 bridgehead atoms. The van der Waals surface area contributed by atoms with E-state index in [1.165, 1.54) is 24.1 Å². The van der Waals surface area contributed by atoms with Crippen molar-refractivity contribution in [1.29, 1.82) is 0 Å². The maximum Gasteiger partial charge on any atom is 0.0535 e. The molecule has 0 aliphatic rings. The van der Waals surface area contributed by atoms with Crippen molar-refractivity contribution in [2.45, 2.75) is 39.7 Å². The molecule has 0 aliphatic carbocycles. The van der Waals surface area contributed by atoms with Gasteiger partial charge in [0.25, 0.3) is 0 Å². The molecule has 0 aliphatic heterocycles. The summed E-state index contributed by atoms with van der Waals surface area (Å²) in [4.78, 5) is 0. The van der Waals surface area contributed by atoms with Gasteiger partial charge in [0.1, 0.15) is 0 Å². The fourth-order valence-corrected chi connectivity index (χ4v) is 1.36. The van der Waals surface area contributed by atoms with Crippen LogP contribution in [0, 0.1) is 0 Å². The second kappa shape index (κ2) is 5.75. The van der Waals surface area contributed by atoms with Crippen molar-refractivity contribution in [2.24, 2.45) is 0 Å². The van der Waals surface area contributed by atoms with Crippen molar-refractivity contribution in [3.63, 3.8) is 0 Å². The Morgan fingerprint density at radius 2 is 2.23 bits per heavy atom. The van der Waals surface area contributed by atoms with Crippen LogP contribution in [0.3, 0.4) is 0 Å². The molecular weight excluding hydrogens is 162 g/mol. The zero-order valence-electron chi connectivity index (χ0n) is 8.56. The van der Waals surface area contributed by atoms with E-state index in [1.807, 2.05) is 6.20 Å². The van der Waals surface area contributed by atoms with E-state index in [1.54, 1.807) is 0 Å². The van der Waals surface area contributed by atoms with Gasteiger partial charge in [0.2, 0.25) is 0 Å². The van der Waals surface area contributed by atoms with Crippen LogP contribution in [0.4, 0.5) is 0 Å². The van der Waals surface area contributed by atoms with Gasteiger partial charge < -0.3 is 5.32 Å². The van der Waals surface area contributed by atoms with Gasteiger partial charge >= 0.3 is 0 Å². The summed E-state index contributed by atoms with van der Waals surface area (Å²) in [6, 6.07) is 0. The van der Waals surface area contributed by atoms with Gasteiger partial charge in [-0.1, -0.05) is 20.3 Å². The van der Waals surface area contributed by atoms with Gasteiger partial charge in [-0.05, 0) is 19.4 Å². The molecule has 2 N–H and O–H groups in total. The highest BCUT2D eigenvalue weighted by atomic mass is 15.1. The van der Waals surface area contributed by atoms with Gasteiger partial charge in [0.05, 0.1) is 6.20 Å². The Kier molecular flexibility index (Phi) is 4.54. The molecule has 0 saturated heterocycles. The Morgan fingerprint density at radius 1 is 1.38 bits per heavy atom. The van der Waals surface area contributed by atoms with E-state index in [4.69, 9.17) is 0 Å². The maximum atomic E-state index is 4.05. The average Bonchev–Trinajstić information content (AvgIpc) is 2.54. The van der Waals surface area contributed by atoms with Crippen molar-refractivity contribution in [2.75, 3.05) is 6.54 Å². The summed E-state index contributed by atoms with van der Waals surface area (Å²) in [5.74, 6) is 0. The van der Waals surface area contributed by atoms with Gasteiger partial charge in [0.15, 0.2) is 0 Å². The summed E-state index contributed by atoms with van der Waals surface area (Å²) < 4.78 is 0. The quantitative estimate of drug-likeness (QED) is 0.658. The highest BCUT2D eigenvalue weighted by Crippen LogP contribution is 2.06. The van der Waals surface area contributed by atoms with E-state index < -0.39 is 0 Å². The Morgan fingerprint density at radius 3 is 2.92 bits per heavy atom. The van der Waals surface area contributed by atoms with Crippen LogP contribution >= 0.6 is 0 Å². The predicted molar refractivity (Wildman–Crippen MR) is 54.6 cm³/mol. The minimum atomic E-state index is 0.944. The monoisotopic (exact) mass is 181 g/mol. The van der Waals surface area contributed by atoms with Crippen LogP contribution in [0.15, 0.2) is 6.20 Å². The number of aromatic amines is 1. The lowest BCUT2D eigenvalue weighted by Gasteiger charge is -2.02. The second-order valence-corrected chi connectivity index (χ2v) is 3.30. The van der Waals surface area contributed by atoms with Crippen LogP contribution in [-0.4, -0.2) is 16.7 Å². The smallest absolute Gasteiger partial charge is 0.0535 e. The molecule has 74 valence electrons. The Balaban J connectivity index is 2.40. The van der Waals surface area contributed by atoms with E-state index in [2.05, 4.69) is 29.4 Å². The van der Waals surface area contributed by atoms with Crippen molar-refractivity contribution in [1.82, 2.24) is 15.5 Å². The molecule has 0 spiro atoms. The lowest BCUT2D eigenvalue weighted by molar-refractivity contribution is 0.669. The van der Waals surface area contributed by atoms with E-state index in [0.29, 0.717) is 0 Å². The van der Waals surface area contributed by atoms with Gasteiger partial charge in [-0.2, -0.15) is 5.10 Å². The molecular formula is C10H19N3. The Hall–Kier alpha value is -0.830. The minimum Gasteiger partial charge on any atom is -0.313 e. The zero-order valence-corrected chi connectivity index (χ0v) is 8.56. The number of hydrogen-bond donors (Lipinski definition) is 2. The van der Waals surface area contributed by atoms with Gasteiger partial charge in [-0.3, -0.25) is 5.10 Å². The maximum absolute atomic E-state index is 4.05. The molecule has 0 unspecified atom stereocenters.